The second kappa shape index (κ2) is 8.23. The van der Waals surface area contributed by atoms with Gasteiger partial charge in [0.05, 0.1) is 0 Å². The SMILES string of the molecule is O=C(O)C(O)C(=O)O.[KH].[LiH]. The van der Waals surface area contributed by atoms with Gasteiger partial charge in [0.25, 0.3) is 0 Å². The molecule has 0 atom stereocenters. The first-order chi connectivity index (χ1) is 3.55. The minimum atomic E-state index is -2.30. The fourth-order valence-corrected chi connectivity index (χ4v) is 0.106. The van der Waals surface area contributed by atoms with Crippen LogP contribution < -0.4 is 0 Å². The fraction of sp³-hybridized carbons (Fsp3) is 0.333. The molecule has 5 nitrogen and oxygen atoms in total. The van der Waals surface area contributed by atoms with Crippen LogP contribution in [0.5, 0.6) is 0 Å². The summed E-state index contributed by atoms with van der Waals surface area (Å²) in [5, 5.41) is 23.4. The Bertz CT molecular complexity index is 112. The van der Waals surface area contributed by atoms with Gasteiger partial charge in [-0.1, -0.05) is 0 Å². The molecule has 0 aliphatic heterocycles. The molecule has 50 valence electrons. The number of carboxylic acid groups (broad SMARTS) is 2. The Morgan fingerprint density at radius 1 is 1.10 bits per heavy atom. The first kappa shape index (κ1) is 17.3. The molecule has 3 N–H and O–H groups in total. The van der Waals surface area contributed by atoms with Crippen molar-refractivity contribution < 1.29 is 24.9 Å². The minimum absolute atomic E-state index is 0. The molecular weight excluding hydrogens is 162 g/mol. The van der Waals surface area contributed by atoms with Crippen LogP contribution in [0.3, 0.4) is 0 Å². The molecular formula is C3H6KLiO5. The number of carboxylic acids is 2. The van der Waals surface area contributed by atoms with E-state index in [1.54, 1.807) is 0 Å². The van der Waals surface area contributed by atoms with E-state index in [2.05, 4.69) is 0 Å². The van der Waals surface area contributed by atoms with Gasteiger partial charge in [0.1, 0.15) is 0 Å². The average Bonchev–Trinajstić information content (AvgIpc) is 1.64. The monoisotopic (exact) mass is 168 g/mol. The summed E-state index contributed by atoms with van der Waals surface area (Å²) in [6.07, 6.45) is -2.30. The van der Waals surface area contributed by atoms with Crippen molar-refractivity contribution in [1.29, 1.82) is 0 Å². The molecule has 7 heteroatoms. The van der Waals surface area contributed by atoms with E-state index in [0.717, 1.165) is 0 Å². The Labute approximate surface area is 111 Å². The van der Waals surface area contributed by atoms with Gasteiger partial charge in [-0.2, -0.15) is 0 Å². The third kappa shape index (κ3) is 7.24. The number of aliphatic hydroxyl groups is 1. The van der Waals surface area contributed by atoms with Crippen LogP contribution in [0, 0.1) is 0 Å². The summed E-state index contributed by atoms with van der Waals surface area (Å²) in [5.74, 6) is -3.50. The number of rotatable bonds is 2. The van der Waals surface area contributed by atoms with Crippen LogP contribution in [0.2, 0.25) is 0 Å². The Balaban J connectivity index is -0.000000245. The Kier molecular flexibility index (Phi) is 14.2. The van der Waals surface area contributed by atoms with Crippen LogP contribution in [0.25, 0.3) is 0 Å². The van der Waals surface area contributed by atoms with E-state index in [4.69, 9.17) is 15.3 Å². The maximum atomic E-state index is 9.51. The molecule has 0 aromatic rings. The number of aliphatic hydroxyl groups excluding tert-OH is 1. The second-order valence-corrected chi connectivity index (χ2v) is 1.08. The molecule has 0 amide bonds. The number of hydrogen-bond donors (Lipinski definition) is 3. The summed E-state index contributed by atoms with van der Waals surface area (Å²) in [6, 6.07) is 0. The topological polar surface area (TPSA) is 94.8 Å². The summed E-state index contributed by atoms with van der Waals surface area (Å²) < 4.78 is 0. The molecule has 0 fully saturated rings. The van der Waals surface area contributed by atoms with Crippen molar-refractivity contribution >= 4 is 82.2 Å². The second-order valence-electron chi connectivity index (χ2n) is 1.08. The van der Waals surface area contributed by atoms with Crippen molar-refractivity contribution in [2.45, 2.75) is 6.10 Å². The van der Waals surface area contributed by atoms with Gasteiger partial charge in [-0.05, 0) is 0 Å². The van der Waals surface area contributed by atoms with Crippen LogP contribution in [0.1, 0.15) is 0 Å². The molecule has 0 bridgehead atoms. The molecule has 0 heterocycles. The van der Waals surface area contributed by atoms with Gasteiger partial charge in [-0.15, -0.1) is 0 Å². The third-order valence-corrected chi connectivity index (χ3v) is 0.468. The Morgan fingerprint density at radius 2 is 1.30 bits per heavy atom. The van der Waals surface area contributed by atoms with Crippen LogP contribution in [0.15, 0.2) is 0 Å². The molecule has 0 aliphatic rings. The number of aliphatic carboxylic acids is 2. The molecule has 0 radical (unpaired) electrons. The van der Waals surface area contributed by atoms with Gasteiger partial charge >= 0.3 is 82.2 Å². The molecule has 0 aromatic carbocycles. The van der Waals surface area contributed by atoms with Crippen molar-refractivity contribution in [3.8, 4) is 0 Å². The van der Waals surface area contributed by atoms with E-state index in [0.29, 0.717) is 0 Å². The molecule has 0 saturated carbocycles. The van der Waals surface area contributed by atoms with Gasteiger partial charge in [-0.25, -0.2) is 9.59 Å². The van der Waals surface area contributed by atoms with Crippen LogP contribution in [-0.2, 0) is 9.59 Å². The number of carbonyl (C=O) groups is 2. The van der Waals surface area contributed by atoms with E-state index in [1.165, 1.54) is 0 Å². The van der Waals surface area contributed by atoms with Gasteiger partial charge in [-0.3, -0.25) is 0 Å². The zero-order chi connectivity index (χ0) is 6.73. The van der Waals surface area contributed by atoms with Crippen molar-refractivity contribution in [3.63, 3.8) is 0 Å². The first-order valence-electron chi connectivity index (χ1n) is 1.69. The first-order valence-corrected chi connectivity index (χ1v) is 1.69. The molecule has 0 aromatic heterocycles. The summed E-state index contributed by atoms with van der Waals surface area (Å²) in [5.41, 5.74) is 0. The summed E-state index contributed by atoms with van der Waals surface area (Å²) >= 11 is 0. The van der Waals surface area contributed by atoms with Gasteiger partial charge in [0.15, 0.2) is 0 Å². The van der Waals surface area contributed by atoms with E-state index in [1.807, 2.05) is 0 Å². The van der Waals surface area contributed by atoms with Gasteiger partial charge in [0, 0.05) is 0 Å². The summed E-state index contributed by atoms with van der Waals surface area (Å²) in [6.45, 7) is 0. The molecule has 0 spiro atoms. The normalized spacial score (nSPS) is 7.40. The predicted molar refractivity (Wildman–Crippen MR) is 35.6 cm³/mol. The zero-order valence-electron chi connectivity index (χ0n) is 3.74. The molecule has 0 rings (SSSR count). The maximum absolute atomic E-state index is 9.51. The zero-order valence-corrected chi connectivity index (χ0v) is 3.74. The van der Waals surface area contributed by atoms with Gasteiger partial charge < -0.3 is 15.3 Å². The van der Waals surface area contributed by atoms with E-state index in [-0.39, 0.29) is 70.2 Å². The van der Waals surface area contributed by atoms with E-state index < -0.39 is 18.0 Å². The fourth-order valence-electron chi connectivity index (χ4n) is 0.106. The molecule has 0 unspecified atom stereocenters. The van der Waals surface area contributed by atoms with Crippen molar-refractivity contribution in [2.24, 2.45) is 0 Å². The van der Waals surface area contributed by atoms with Crippen molar-refractivity contribution in [2.75, 3.05) is 0 Å². The predicted octanol–water partition coefficient (Wildman–Crippen LogP) is -2.78. The van der Waals surface area contributed by atoms with Crippen LogP contribution in [0.4, 0.5) is 0 Å². The quantitative estimate of drug-likeness (QED) is 0.306. The van der Waals surface area contributed by atoms with E-state index >= 15 is 0 Å². The summed E-state index contributed by atoms with van der Waals surface area (Å²) in [7, 11) is 0. The number of hydrogen-bond acceptors (Lipinski definition) is 3. The van der Waals surface area contributed by atoms with E-state index in [9.17, 15) is 9.59 Å². The summed E-state index contributed by atoms with van der Waals surface area (Å²) in [4.78, 5) is 19.0. The van der Waals surface area contributed by atoms with Crippen LogP contribution in [-0.4, -0.2) is 104 Å². The molecule has 10 heavy (non-hydrogen) atoms. The van der Waals surface area contributed by atoms with Crippen molar-refractivity contribution in [1.82, 2.24) is 0 Å². The van der Waals surface area contributed by atoms with Crippen LogP contribution >= 0.6 is 0 Å². The standard InChI is InChI=1S/C3H4O5.K.Li.2H/c4-1(2(5)6)3(7)8;;;;/h1,4H,(H,5,6)(H,7,8);;;;. The van der Waals surface area contributed by atoms with Gasteiger partial charge in [0.2, 0.25) is 6.10 Å². The Hall–Kier alpha value is 1.13. The molecule has 0 aliphatic carbocycles. The molecule has 0 saturated heterocycles. The van der Waals surface area contributed by atoms with Crippen molar-refractivity contribution in [3.05, 3.63) is 0 Å². The Morgan fingerprint density at radius 3 is 1.30 bits per heavy atom. The third-order valence-electron chi connectivity index (χ3n) is 0.468. The average molecular weight is 168 g/mol.